The van der Waals surface area contributed by atoms with Crippen molar-refractivity contribution < 1.29 is 9.90 Å². The van der Waals surface area contributed by atoms with Gasteiger partial charge in [-0.15, -0.1) is 0 Å². The molecule has 0 radical (unpaired) electrons. The number of rotatable bonds is 1. The van der Waals surface area contributed by atoms with Crippen LogP contribution in [0.3, 0.4) is 0 Å². The van der Waals surface area contributed by atoms with Crippen LogP contribution in [0.2, 0.25) is 0 Å². The molecule has 1 aromatic carbocycles. The van der Waals surface area contributed by atoms with Crippen LogP contribution in [0.1, 0.15) is 32.7 Å². The lowest BCUT2D eigenvalue weighted by molar-refractivity contribution is 0.0696. The van der Waals surface area contributed by atoms with Crippen LogP contribution in [0.4, 0.5) is 0 Å². The molecule has 4 heteroatoms. The van der Waals surface area contributed by atoms with Gasteiger partial charge < -0.3 is 10.0 Å². The van der Waals surface area contributed by atoms with Gasteiger partial charge in [-0.05, 0) is 44.2 Å². The van der Waals surface area contributed by atoms with Gasteiger partial charge in [-0.2, -0.15) is 0 Å². The summed E-state index contributed by atoms with van der Waals surface area (Å²) in [5.41, 5.74) is 5.30. The minimum atomic E-state index is -0.854. The normalized spacial score (nSPS) is 15.3. The van der Waals surface area contributed by atoms with Crippen molar-refractivity contribution in [1.82, 2.24) is 9.88 Å². The predicted octanol–water partition coefficient (Wildman–Crippen LogP) is 2.54. The number of likely N-dealkylation sites (N-methyl/N-ethyl adjacent to an activating group) is 1. The van der Waals surface area contributed by atoms with Crippen LogP contribution in [0, 0.1) is 13.8 Å². The first-order valence-corrected chi connectivity index (χ1v) is 6.82. The van der Waals surface area contributed by atoms with Crippen LogP contribution < -0.4 is 0 Å². The molecule has 0 bridgehead atoms. The van der Waals surface area contributed by atoms with E-state index in [9.17, 15) is 9.90 Å². The first-order chi connectivity index (χ1) is 9.47. The first-order valence-electron chi connectivity index (χ1n) is 6.82. The summed E-state index contributed by atoms with van der Waals surface area (Å²) in [6.07, 6.45) is 0.814. The van der Waals surface area contributed by atoms with E-state index in [1.165, 1.54) is 0 Å². The number of pyridine rings is 1. The summed E-state index contributed by atoms with van der Waals surface area (Å²) in [5.74, 6) is -0.854. The van der Waals surface area contributed by atoms with Crippen LogP contribution in [-0.4, -0.2) is 34.6 Å². The quantitative estimate of drug-likeness (QED) is 0.865. The Morgan fingerprint density at radius 1 is 1.30 bits per heavy atom. The van der Waals surface area contributed by atoms with E-state index in [4.69, 9.17) is 4.98 Å². The molecule has 4 nitrogen and oxygen atoms in total. The van der Waals surface area contributed by atoms with Crippen LogP contribution in [0.5, 0.6) is 0 Å². The molecule has 1 N–H and O–H groups in total. The van der Waals surface area contributed by atoms with Gasteiger partial charge >= 0.3 is 5.97 Å². The Labute approximate surface area is 118 Å². The van der Waals surface area contributed by atoms with Crippen molar-refractivity contribution in [2.24, 2.45) is 0 Å². The summed E-state index contributed by atoms with van der Waals surface area (Å²) in [4.78, 5) is 18.6. The van der Waals surface area contributed by atoms with E-state index in [1.54, 1.807) is 0 Å². The molecule has 0 aliphatic carbocycles. The zero-order chi connectivity index (χ0) is 14.4. The Morgan fingerprint density at radius 2 is 2.00 bits per heavy atom. The highest BCUT2D eigenvalue weighted by molar-refractivity contribution is 6.04. The molecular formula is C16H18N2O2. The van der Waals surface area contributed by atoms with Crippen LogP contribution in [-0.2, 0) is 13.0 Å². The lowest BCUT2D eigenvalue weighted by Gasteiger charge is -2.26. The lowest BCUT2D eigenvalue weighted by atomic mass is 9.94. The topological polar surface area (TPSA) is 53.4 Å². The van der Waals surface area contributed by atoms with Gasteiger partial charge in [0, 0.05) is 36.2 Å². The Hall–Kier alpha value is -1.94. The fraction of sp³-hybridized carbons (Fsp3) is 0.375. The summed E-state index contributed by atoms with van der Waals surface area (Å²) < 4.78 is 0. The molecule has 0 fully saturated rings. The Morgan fingerprint density at radius 3 is 2.70 bits per heavy atom. The van der Waals surface area contributed by atoms with Gasteiger partial charge in [-0.25, -0.2) is 4.79 Å². The van der Waals surface area contributed by atoms with E-state index < -0.39 is 5.97 Å². The standard InChI is InChI=1S/C16H18N2O2/c1-9-6-11-14(7-10(9)2)17-13-4-5-18(3)8-12(13)15(11)16(19)20/h6-7H,4-5,8H2,1-3H3,(H,19,20). The van der Waals surface area contributed by atoms with Gasteiger partial charge in [0.2, 0.25) is 0 Å². The average Bonchev–Trinajstić information content (AvgIpc) is 2.37. The Bertz CT molecular complexity index is 722. The summed E-state index contributed by atoms with van der Waals surface area (Å²) >= 11 is 0. The molecule has 1 aromatic heterocycles. The van der Waals surface area contributed by atoms with E-state index in [-0.39, 0.29) is 0 Å². The highest BCUT2D eigenvalue weighted by Gasteiger charge is 2.24. The molecule has 20 heavy (non-hydrogen) atoms. The number of carboxylic acid groups (broad SMARTS) is 1. The fourth-order valence-electron chi connectivity index (χ4n) is 2.88. The summed E-state index contributed by atoms with van der Waals surface area (Å²) in [7, 11) is 2.01. The second-order valence-corrected chi connectivity index (χ2v) is 5.66. The number of aryl methyl sites for hydroxylation is 2. The van der Waals surface area contributed by atoms with Crippen LogP contribution >= 0.6 is 0 Å². The Balaban J connectivity index is 2.39. The summed E-state index contributed by atoms with van der Waals surface area (Å²) in [6, 6.07) is 3.95. The third kappa shape index (κ3) is 1.96. The van der Waals surface area contributed by atoms with E-state index >= 15 is 0 Å². The number of carboxylic acids is 1. The molecule has 1 aliphatic rings. The number of aromatic carboxylic acids is 1. The molecule has 2 heterocycles. The number of hydrogen-bond donors (Lipinski definition) is 1. The van der Waals surface area contributed by atoms with Gasteiger partial charge in [-0.1, -0.05) is 0 Å². The third-order valence-corrected chi connectivity index (χ3v) is 4.16. The number of hydrogen-bond acceptors (Lipinski definition) is 3. The minimum absolute atomic E-state index is 0.430. The number of fused-ring (bicyclic) bond motifs is 2. The van der Waals surface area contributed by atoms with Crippen molar-refractivity contribution in [3.05, 3.63) is 40.1 Å². The van der Waals surface area contributed by atoms with Crippen molar-refractivity contribution in [3.63, 3.8) is 0 Å². The van der Waals surface area contributed by atoms with Gasteiger partial charge in [-0.3, -0.25) is 4.98 Å². The highest BCUT2D eigenvalue weighted by Crippen LogP contribution is 2.29. The second kappa shape index (κ2) is 4.56. The molecule has 0 unspecified atom stereocenters. The number of nitrogens with zero attached hydrogens (tertiary/aromatic N) is 2. The summed E-state index contributed by atoms with van der Waals surface area (Å²) in [6.45, 7) is 5.62. The van der Waals surface area contributed by atoms with Gasteiger partial charge in [0.1, 0.15) is 0 Å². The fourth-order valence-corrected chi connectivity index (χ4v) is 2.88. The third-order valence-electron chi connectivity index (χ3n) is 4.16. The van der Waals surface area contributed by atoms with E-state index in [1.807, 2.05) is 33.0 Å². The van der Waals surface area contributed by atoms with Crippen molar-refractivity contribution in [1.29, 1.82) is 0 Å². The maximum Gasteiger partial charge on any atom is 0.336 e. The molecule has 3 rings (SSSR count). The molecule has 0 atom stereocenters. The molecule has 0 saturated carbocycles. The maximum atomic E-state index is 11.7. The Kier molecular flexibility index (Phi) is 2.98. The first kappa shape index (κ1) is 13.1. The van der Waals surface area contributed by atoms with Crippen molar-refractivity contribution in [2.45, 2.75) is 26.8 Å². The van der Waals surface area contributed by atoms with Crippen molar-refractivity contribution in [3.8, 4) is 0 Å². The smallest absolute Gasteiger partial charge is 0.336 e. The molecule has 104 valence electrons. The second-order valence-electron chi connectivity index (χ2n) is 5.66. The van der Waals surface area contributed by atoms with Gasteiger partial charge in [0.05, 0.1) is 11.1 Å². The van der Waals surface area contributed by atoms with Crippen LogP contribution in [0.15, 0.2) is 12.1 Å². The van der Waals surface area contributed by atoms with Gasteiger partial charge in [0.15, 0.2) is 0 Å². The molecule has 0 spiro atoms. The molecule has 0 amide bonds. The van der Waals surface area contributed by atoms with Crippen molar-refractivity contribution in [2.75, 3.05) is 13.6 Å². The van der Waals surface area contributed by atoms with Crippen LogP contribution in [0.25, 0.3) is 10.9 Å². The van der Waals surface area contributed by atoms with E-state index in [0.717, 1.165) is 46.3 Å². The largest absolute Gasteiger partial charge is 0.478 e. The molecular weight excluding hydrogens is 252 g/mol. The van der Waals surface area contributed by atoms with Crippen molar-refractivity contribution >= 4 is 16.9 Å². The zero-order valence-corrected chi connectivity index (χ0v) is 12.0. The molecule has 0 saturated heterocycles. The lowest BCUT2D eigenvalue weighted by Crippen LogP contribution is -2.29. The number of carbonyl (C=O) groups is 1. The SMILES string of the molecule is Cc1cc2nc3c(c(C(=O)O)c2cc1C)CN(C)CC3. The number of benzene rings is 1. The average molecular weight is 270 g/mol. The van der Waals surface area contributed by atoms with Gasteiger partial charge in [0.25, 0.3) is 0 Å². The van der Waals surface area contributed by atoms with E-state index in [2.05, 4.69) is 4.90 Å². The summed E-state index contributed by atoms with van der Waals surface area (Å²) in [5, 5.41) is 10.4. The maximum absolute atomic E-state index is 11.7. The minimum Gasteiger partial charge on any atom is -0.478 e. The molecule has 2 aromatic rings. The van der Waals surface area contributed by atoms with E-state index in [0.29, 0.717) is 12.1 Å². The predicted molar refractivity (Wildman–Crippen MR) is 78.2 cm³/mol. The number of aromatic nitrogens is 1. The monoisotopic (exact) mass is 270 g/mol. The molecule has 1 aliphatic heterocycles. The highest BCUT2D eigenvalue weighted by atomic mass is 16.4. The zero-order valence-electron chi connectivity index (χ0n) is 12.0.